The number of carbonyl (C=O) groups excluding carboxylic acids is 1. The normalized spacial score (nSPS) is 17.0. The molecule has 0 radical (unpaired) electrons. The maximum atomic E-state index is 13.1. The predicted octanol–water partition coefficient (Wildman–Crippen LogP) is 3.99. The number of rotatable bonds is 3. The Morgan fingerprint density at radius 3 is 2.84 bits per heavy atom. The van der Waals surface area contributed by atoms with Gasteiger partial charge in [-0.1, -0.05) is 30.0 Å². The summed E-state index contributed by atoms with van der Waals surface area (Å²) in [5.41, 5.74) is 4.96. The van der Waals surface area contributed by atoms with E-state index in [0.29, 0.717) is 16.7 Å². The van der Waals surface area contributed by atoms with E-state index in [4.69, 9.17) is 9.47 Å². The number of hydrogen-bond donors (Lipinski definition) is 0. The molecule has 0 N–H and O–H groups in total. The number of benzene rings is 2. The fourth-order valence-corrected chi connectivity index (χ4v) is 5.34. The number of aromatic nitrogens is 3. The number of pyridine rings is 1. The number of aryl methyl sites for hydroxylation is 1. The first-order valence-corrected chi connectivity index (χ1v) is 11.2. The Morgan fingerprint density at radius 1 is 1.16 bits per heavy atom. The van der Waals surface area contributed by atoms with E-state index in [1.165, 1.54) is 17.3 Å². The van der Waals surface area contributed by atoms with Gasteiger partial charge >= 0.3 is 0 Å². The largest absolute Gasteiger partial charge is 0.454 e. The lowest BCUT2D eigenvalue weighted by atomic mass is 10.1. The van der Waals surface area contributed by atoms with Gasteiger partial charge in [0.2, 0.25) is 12.7 Å². The van der Waals surface area contributed by atoms with E-state index in [2.05, 4.69) is 29.3 Å². The third-order valence-electron chi connectivity index (χ3n) is 5.92. The van der Waals surface area contributed by atoms with Gasteiger partial charge in [-0.25, -0.2) is 0 Å². The highest BCUT2D eigenvalue weighted by molar-refractivity contribution is 7.99. The third-order valence-corrected chi connectivity index (χ3v) is 6.84. The van der Waals surface area contributed by atoms with Crippen molar-refractivity contribution in [2.75, 3.05) is 17.4 Å². The lowest BCUT2D eigenvalue weighted by Gasteiger charge is -2.22. The monoisotopic (exact) mass is 432 g/mol. The first-order chi connectivity index (χ1) is 15.1. The lowest BCUT2D eigenvalue weighted by Crippen LogP contribution is -2.37. The van der Waals surface area contributed by atoms with Crippen LogP contribution in [0.3, 0.4) is 0 Å². The molecular weight excluding hydrogens is 412 g/mol. The third kappa shape index (κ3) is 2.85. The average Bonchev–Trinajstić information content (AvgIpc) is 3.46. The van der Waals surface area contributed by atoms with Gasteiger partial charge in [0, 0.05) is 23.2 Å². The summed E-state index contributed by atoms with van der Waals surface area (Å²) in [5.74, 6) is 1.82. The van der Waals surface area contributed by atoms with Crippen LogP contribution in [-0.2, 0) is 11.2 Å². The fraction of sp³-hybridized carbons (Fsp3) is 0.261. The maximum Gasteiger partial charge on any atom is 0.237 e. The molecule has 0 aliphatic carbocycles. The summed E-state index contributed by atoms with van der Waals surface area (Å²) in [7, 11) is 0. The van der Waals surface area contributed by atoms with Crippen LogP contribution in [0.15, 0.2) is 47.6 Å². The summed E-state index contributed by atoms with van der Waals surface area (Å²) in [6.45, 7) is 4.33. The molecule has 2 aromatic carbocycles. The van der Waals surface area contributed by atoms with E-state index < -0.39 is 0 Å². The summed E-state index contributed by atoms with van der Waals surface area (Å²) in [5, 5.41) is 10.5. The van der Waals surface area contributed by atoms with Crippen molar-refractivity contribution in [3.8, 4) is 11.5 Å². The van der Waals surface area contributed by atoms with Gasteiger partial charge in [-0.3, -0.25) is 9.20 Å². The second kappa shape index (κ2) is 6.88. The van der Waals surface area contributed by atoms with Crippen molar-refractivity contribution < 1.29 is 14.3 Å². The quantitative estimate of drug-likeness (QED) is 0.456. The smallest absolute Gasteiger partial charge is 0.237 e. The number of anilines is 1. The molecule has 2 aliphatic heterocycles. The molecule has 7 nitrogen and oxygen atoms in total. The molecule has 2 aliphatic rings. The lowest BCUT2D eigenvalue weighted by molar-refractivity contribution is -0.116. The molecule has 156 valence electrons. The van der Waals surface area contributed by atoms with Crippen LogP contribution in [-0.4, -0.2) is 39.1 Å². The van der Waals surface area contributed by atoms with Crippen LogP contribution in [0.4, 0.5) is 5.69 Å². The Kier molecular flexibility index (Phi) is 4.11. The van der Waals surface area contributed by atoms with Crippen LogP contribution in [0.1, 0.15) is 18.1 Å². The highest BCUT2D eigenvalue weighted by atomic mass is 32.2. The Hall–Kier alpha value is -3.26. The minimum atomic E-state index is 0.0776. The standard InChI is InChI=1S/C23H20N4O3S/c1-13-7-16-9-19-20(30-12-29-19)10-18(16)27-22(13)24-25-23(27)31-11-21(28)26-14(2)8-15-5-3-4-6-17(15)26/h3-7,9-10,14H,8,11-12H2,1-2H3. The highest BCUT2D eigenvalue weighted by Gasteiger charge is 2.30. The van der Waals surface area contributed by atoms with Crippen molar-refractivity contribution >= 4 is 39.9 Å². The molecule has 1 unspecified atom stereocenters. The number of ether oxygens (including phenoxy) is 2. The van der Waals surface area contributed by atoms with E-state index in [-0.39, 0.29) is 18.7 Å². The van der Waals surface area contributed by atoms with Crippen LogP contribution in [0, 0.1) is 6.92 Å². The van der Waals surface area contributed by atoms with E-state index in [1.54, 1.807) is 0 Å². The number of para-hydroxylation sites is 1. The topological polar surface area (TPSA) is 69.0 Å². The minimum absolute atomic E-state index is 0.0776. The van der Waals surface area contributed by atoms with Gasteiger partial charge in [0.05, 0.1) is 11.3 Å². The van der Waals surface area contributed by atoms with E-state index >= 15 is 0 Å². The summed E-state index contributed by atoms with van der Waals surface area (Å²) in [6, 6.07) is 14.3. The molecule has 0 bridgehead atoms. The molecular formula is C23H20N4O3S. The van der Waals surface area contributed by atoms with Crippen molar-refractivity contribution in [3.63, 3.8) is 0 Å². The molecule has 4 heterocycles. The van der Waals surface area contributed by atoms with Gasteiger partial charge < -0.3 is 14.4 Å². The van der Waals surface area contributed by atoms with Gasteiger partial charge in [-0.15, -0.1) is 10.2 Å². The first-order valence-electron chi connectivity index (χ1n) is 10.2. The van der Waals surface area contributed by atoms with Gasteiger partial charge in [-0.05, 0) is 49.6 Å². The van der Waals surface area contributed by atoms with Gasteiger partial charge in [-0.2, -0.15) is 0 Å². The average molecular weight is 433 g/mol. The second-order valence-corrected chi connectivity index (χ2v) is 8.91. The van der Waals surface area contributed by atoms with Gasteiger partial charge in [0.15, 0.2) is 22.3 Å². The number of thioether (sulfide) groups is 1. The number of amides is 1. The molecule has 0 saturated heterocycles. The molecule has 2 aromatic heterocycles. The predicted molar refractivity (Wildman–Crippen MR) is 119 cm³/mol. The van der Waals surface area contributed by atoms with Crippen molar-refractivity contribution in [3.05, 3.63) is 53.6 Å². The van der Waals surface area contributed by atoms with Crippen LogP contribution >= 0.6 is 11.8 Å². The van der Waals surface area contributed by atoms with Crippen LogP contribution in [0.25, 0.3) is 16.6 Å². The number of hydrogen-bond acceptors (Lipinski definition) is 6. The van der Waals surface area contributed by atoms with Crippen molar-refractivity contribution in [2.45, 2.75) is 31.5 Å². The zero-order valence-corrected chi connectivity index (χ0v) is 18.0. The van der Waals surface area contributed by atoms with Crippen LogP contribution < -0.4 is 14.4 Å². The molecule has 0 saturated carbocycles. The summed E-state index contributed by atoms with van der Waals surface area (Å²) in [4.78, 5) is 15.1. The Morgan fingerprint density at radius 2 is 1.97 bits per heavy atom. The summed E-state index contributed by atoms with van der Waals surface area (Å²) < 4.78 is 13.1. The maximum absolute atomic E-state index is 13.1. The SMILES string of the molecule is Cc1cc2cc3c(cc2n2c(SCC(=O)N4c5ccccc5CC4C)nnc12)OCO3. The molecule has 4 aromatic rings. The molecule has 8 heteroatoms. The van der Waals surface area contributed by atoms with Crippen LogP contribution in [0.2, 0.25) is 0 Å². The fourth-order valence-electron chi connectivity index (χ4n) is 4.53. The Labute approximate surface area is 183 Å². The zero-order valence-electron chi connectivity index (χ0n) is 17.2. The van der Waals surface area contributed by atoms with E-state index in [1.807, 2.05) is 46.6 Å². The number of carbonyl (C=O) groups is 1. The summed E-state index contributed by atoms with van der Waals surface area (Å²) in [6.07, 6.45) is 0.886. The van der Waals surface area contributed by atoms with Crippen molar-refractivity contribution in [1.29, 1.82) is 0 Å². The molecule has 31 heavy (non-hydrogen) atoms. The Balaban J connectivity index is 1.35. The Bertz CT molecular complexity index is 1370. The first kappa shape index (κ1) is 18.5. The van der Waals surface area contributed by atoms with Crippen LogP contribution in [0.5, 0.6) is 11.5 Å². The number of fused-ring (bicyclic) bond motifs is 5. The van der Waals surface area contributed by atoms with E-state index in [0.717, 1.165) is 40.0 Å². The number of nitrogens with zero attached hydrogens (tertiary/aromatic N) is 4. The summed E-state index contributed by atoms with van der Waals surface area (Å²) >= 11 is 1.41. The zero-order chi connectivity index (χ0) is 21.1. The molecule has 0 spiro atoms. The van der Waals surface area contributed by atoms with E-state index in [9.17, 15) is 4.79 Å². The molecule has 6 rings (SSSR count). The highest BCUT2D eigenvalue weighted by Crippen LogP contribution is 2.38. The van der Waals surface area contributed by atoms with Crippen molar-refractivity contribution in [2.24, 2.45) is 0 Å². The van der Waals surface area contributed by atoms with Gasteiger partial charge in [0.25, 0.3) is 0 Å². The molecule has 1 amide bonds. The van der Waals surface area contributed by atoms with Crippen molar-refractivity contribution in [1.82, 2.24) is 14.6 Å². The molecule has 1 atom stereocenters. The molecule has 0 fully saturated rings. The minimum Gasteiger partial charge on any atom is -0.454 e. The second-order valence-electron chi connectivity index (χ2n) is 7.97. The van der Waals surface area contributed by atoms with Gasteiger partial charge in [0.1, 0.15) is 0 Å².